The minimum Gasteiger partial charge on any atom is -0.475 e. The average molecular weight is 216 g/mol. The molecule has 0 saturated carbocycles. The molecule has 1 atom stereocenters. The molecule has 0 aliphatic heterocycles. The van der Waals surface area contributed by atoms with Gasteiger partial charge in [-0.15, -0.1) is 0 Å². The summed E-state index contributed by atoms with van der Waals surface area (Å²) >= 11 is 0. The molecule has 2 aromatic rings. The van der Waals surface area contributed by atoms with Crippen LogP contribution in [0, 0.1) is 0 Å². The van der Waals surface area contributed by atoms with Gasteiger partial charge in [0.2, 0.25) is 5.88 Å². The minimum absolute atomic E-state index is 0.193. The third kappa shape index (κ3) is 2.24. The Morgan fingerprint density at radius 2 is 2.12 bits per heavy atom. The van der Waals surface area contributed by atoms with Crippen LogP contribution < -0.4 is 10.5 Å². The lowest BCUT2D eigenvalue weighted by molar-refractivity contribution is 0.209. The highest BCUT2D eigenvalue weighted by atomic mass is 16.5. The first-order valence-electron chi connectivity index (χ1n) is 5.52. The van der Waals surface area contributed by atoms with Crippen LogP contribution in [0.15, 0.2) is 30.3 Å². The molecule has 0 aliphatic carbocycles. The first-order valence-corrected chi connectivity index (χ1v) is 5.52. The average Bonchev–Trinajstić information content (AvgIpc) is 2.29. The number of fused-ring (bicyclic) bond motifs is 1. The number of nitrogen functional groups attached to an aromatic ring is 1. The standard InChI is InChI=1S/C13H16N2O/c1-3-9(2)16-13-7-4-10-8-11(14)5-6-12(10)15-13/h4-9H,3,14H2,1-2H3. The fraction of sp³-hybridized carbons (Fsp3) is 0.308. The fourth-order valence-corrected chi connectivity index (χ4v) is 1.48. The lowest BCUT2D eigenvalue weighted by Crippen LogP contribution is -2.10. The van der Waals surface area contributed by atoms with Crippen LogP contribution in [0.4, 0.5) is 5.69 Å². The molecule has 1 unspecified atom stereocenters. The number of hydrogen-bond acceptors (Lipinski definition) is 3. The van der Waals surface area contributed by atoms with Crippen LogP contribution in [0.3, 0.4) is 0 Å². The van der Waals surface area contributed by atoms with E-state index in [0.717, 1.165) is 23.0 Å². The molecule has 0 aliphatic rings. The Morgan fingerprint density at radius 1 is 1.31 bits per heavy atom. The van der Waals surface area contributed by atoms with Gasteiger partial charge in [-0.1, -0.05) is 6.92 Å². The second kappa shape index (κ2) is 4.39. The number of nitrogens with zero attached hydrogens (tertiary/aromatic N) is 1. The number of nitrogens with two attached hydrogens (primary N) is 1. The van der Waals surface area contributed by atoms with Crippen molar-refractivity contribution in [3.8, 4) is 5.88 Å². The molecule has 1 heterocycles. The predicted molar refractivity (Wildman–Crippen MR) is 66.5 cm³/mol. The number of hydrogen-bond donors (Lipinski definition) is 1. The van der Waals surface area contributed by atoms with Crippen LogP contribution >= 0.6 is 0 Å². The van der Waals surface area contributed by atoms with Gasteiger partial charge in [0, 0.05) is 17.1 Å². The lowest BCUT2D eigenvalue weighted by atomic mass is 10.2. The molecule has 0 fully saturated rings. The molecule has 1 aromatic carbocycles. The molecular formula is C13H16N2O. The molecular weight excluding hydrogens is 200 g/mol. The molecule has 0 bridgehead atoms. The summed E-state index contributed by atoms with van der Waals surface area (Å²) in [6.07, 6.45) is 1.17. The first-order chi connectivity index (χ1) is 7.69. The summed E-state index contributed by atoms with van der Waals surface area (Å²) in [5, 5.41) is 1.04. The molecule has 0 amide bonds. The largest absolute Gasteiger partial charge is 0.475 e. The predicted octanol–water partition coefficient (Wildman–Crippen LogP) is 2.99. The number of rotatable bonds is 3. The van der Waals surface area contributed by atoms with Gasteiger partial charge in [-0.3, -0.25) is 0 Å². The van der Waals surface area contributed by atoms with E-state index in [0.29, 0.717) is 5.88 Å². The third-order valence-electron chi connectivity index (χ3n) is 2.58. The molecule has 84 valence electrons. The molecule has 3 nitrogen and oxygen atoms in total. The summed E-state index contributed by atoms with van der Waals surface area (Å²) in [6.45, 7) is 4.13. The van der Waals surface area contributed by atoms with E-state index >= 15 is 0 Å². The second-order valence-corrected chi connectivity index (χ2v) is 3.94. The zero-order valence-corrected chi connectivity index (χ0v) is 9.60. The molecule has 2 rings (SSSR count). The summed E-state index contributed by atoms with van der Waals surface area (Å²) in [5.74, 6) is 0.673. The van der Waals surface area contributed by atoms with Crippen molar-refractivity contribution < 1.29 is 4.74 Å². The normalized spacial score (nSPS) is 12.6. The van der Waals surface area contributed by atoms with Crippen LogP contribution in [-0.4, -0.2) is 11.1 Å². The number of anilines is 1. The van der Waals surface area contributed by atoms with Crippen molar-refractivity contribution in [1.82, 2.24) is 4.98 Å². The smallest absolute Gasteiger partial charge is 0.214 e. The van der Waals surface area contributed by atoms with E-state index in [2.05, 4.69) is 11.9 Å². The number of ether oxygens (including phenoxy) is 1. The van der Waals surface area contributed by atoms with Crippen LogP contribution in [0.5, 0.6) is 5.88 Å². The van der Waals surface area contributed by atoms with Gasteiger partial charge in [0.15, 0.2) is 0 Å². The Kier molecular flexibility index (Phi) is 2.95. The second-order valence-electron chi connectivity index (χ2n) is 3.94. The number of benzene rings is 1. The lowest BCUT2D eigenvalue weighted by Gasteiger charge is -2.11. The Balaban J connectivity index is 2.33. The van der Waals surface area contributed by atoms with E-state index in [1.54, 1.807) is 0 Å². The van der Waals surface area contributed by atoms with Gasteiger partial charge in [-0.25, -0.2) is 4.98 Å². The van der Waals surface area contributed by atoms with Crippen molar-refractivity contribution in [2.45, 2.75) is 26.4 Å². The highest BCUT2D eigenvalue weighted by molar-refractivity contribution is 5.82. The van der Waals surface area contributed by atoms with Gasteiger partial charge in [0.25, 0.3) is 0 Å². The highest BCUT2D eigenvalue weighted by Gasteiger charge is 2.03. The molecule has 0 saturated heterocycles. The summed E-state index contributed by atoms with van der Waals surface area (Å²) in [7, 11) is 0. The van der Waals surface area contributed by atoms with Crippen molar-refractivity contribution in [1.29, 1.82) is 0 Å². The van der Waals surface area contributed by atoms with Gasteiger partial charge in [-0.05, 0) is 37.6 Å². The van der Waals surface area contributed by atoms with Crippen LogP contribution in [0.1, 0.15) is 20.3 Å². The van der Waals surface area contributed by atoms with Crippen molar-refractivity contribution >= 4 is 16.6 Å². The Labute approximate surface area is 95.2 Å². The zero-order chi connectivity index (χ0) is 11.5. The third-order valence-corrected chi connectivity index (χ3v) is 2.58. The van der Waals surface area contributed by atoms with Gasteiger partial charge >= 0.3 is 0 Å². The van der Waals surface area contributed by atoms with Crippen molar-refractivity contribution in [2.75, 3.05) is 5.73 Å². The van der Waals surface area contributed by atoms with Crippen molar-refractivity contribution in [2.24, 2.45) is 0 Å². The van der Waals surface area contributed by atoms with Crippen LogP contribution in [-0.2, 0) is 0 Å². The van der Waals surface area contributed by atoms with E-state index in [4.69, 9.17) is 10.5 Å². The molecule has 1 aromatic heterocycles. The minimum atomic E-state index is 0.193. The summed E-state index contributed by atoms with van der Waals surface area (Å²) in [4.78, 5) is 4.43. The highest BCUT2D eigenvalue weighted by Crippen LogP contribution is 2.19. The molecule has 3 heteroatoms. The van der Waals surface area contributed by atoms with Crippen LogP contribution in [0.25, 0.3) is 10.9 Å². The molecule has 2 N–H and O–H groups in total. The quantitative estimate of drug-likeness (QED) is 0.802. The van der Waals surface area contributed by atoms with Crippen molar-refractivity contribution in [3.63, 3.8) is 0 Å². The number of aromatic nitrogens is 1. The fourth-order valence-electron chi connectivity index (χ4n) is 1.48. The van der Waals surface area contributed by atoms with E-state index < -0.39 is 0 Å². The molecule has 0 spiro atoms. The van der Waals surface area contributed by atoms with E-state index in [1.807, 2.05) is 37.3 Å². The maximum atomic E-state index is 5.71. The van der Waals surface area contributed by atoms with Gasteiger partial charge in [0.1, 0.15) is 0 Å². The van der Waals surface area contributed by atoms with E-state index in [-0.39, 0.29) is 6.10 Å². The monoisotopic (exact) mass is 216 g/mol. The van der Waals surface area contributed by atoms with Crippen LogP contribution in [0.2, 0.25) is 0 Å². The van der Waals surface area contributed by atoms with Crippen molar-refractivity contribution in [3.05, 3.63) is 30.3 Å². The maximum Gasteiger partial charge on any atom is 0.214 e. The Bertz CT molecular complexity index is 496. The van der Waals surface area contributed by atoms with Gasteiger partial charge in [0.05, 0.1) is 11.6 Å². The summed E-state index contributed by atoms with van der Waals surface area (Å²) < 4.78 is 5.66. The first kappa shape index (κ1) is 10.7. The topological polar surface area (TPSA) is 48.1 Å². The van der Waals surface area contributed by atoms with E-state index in [9.17, 15) is 0 Å². The van der Waals surface area contributed by atoms with E-state index in [1.165, 1.54) is 0 Å². The summed E-state index contributed by atoms with van der Waals surface area (Å²) in [6, 6.07) is 9.54. The Hall–Kier alpha value is -1.77. The SMILES string of the molecule is CCC(C)Oc1ccc2cc(N)ccc2n1. The molecule has 16 heavy (non-hydrogen) atoms. The summed E-state index contributed by atoms with van der Waals surface area (Å²) in [5.41, 5.74) is 7.37. The maximum absolute atomic E-state index is 5.71. The number of pyridine rings is 1. The molecule has 0 radical (unpaired) electrons. The van der Waals surface area contributed by atoms with Gasteiger partial charge < -0.3 is 10.5 Å². The van der Waals surface area contributed by atoms with Gasteiger partial charge in [-0.2, -0.15) is 0 Å². The zero-order valence-electron chi connectivity index (χ0n) is 9.60. The Morgan fingerprint density at radius 3 is 2.88 bits per heavy atom.